The van der Waals surface area contributed by atoms with Crippen molar-refractivity contribution in [2.75, 3.05) is 24.8 Å². The zero-order valence-corrected chi connectivity index (χ0v) is 12.0. The molecule has 2 rings (SSSR count). The Morgan fingerprint density at radius 2 is 2.19 bits per heavy atom. The fraction of sp³-hybridized carbons (Fsp3) is 0.333. The van der Waals surface area contributed by atoms with Crippen molar-refractivity contribution >= 4 is 11.7 Å². The van der Waals surface area contributed by atoms with Gasteiger partial charge >= 0.3 is 5.97 Å². The molecule has 1 heterocycles. The Morgan fingerprint density at radius 3 is 2.86 bits per heavy atom. The molecule has 1 aliphatic rings. The standard InChI is InChI=1S/C15H16N2O4/c1-3-17(9-11(8-16)15(18)19-4-2)12-5-6-13-14(7-12)21-10-20-13/h5-7,9H,3-4,10H2,1-2H3/b11-9+. The summed E-state index contributed by atoms with van der Waals surface area (Å²) in [6.45, 7) is 4.63. The molecule has 21 heavy (non-hydrogen) atoms. The second-order valence-corrected chi connectivity index (χ2v) is 4.20. The minimum absolute atomic E-state index is 0.0450. The molecular formula is C15H16N2O4. The number of carbonyl (C=O) groups excluding carboxylic acids is 1. The van der Waals surface area contributed by atoms with Crippen LogP contribution in [0.5, 0.6) is 11.5 Å². The molecule has 1 aromatic carbocycles. The van der Waals surface area contributed by atoms with Gasteiger partial charge in [-0.15, -0.1) is 0 Å². The van der Waals surface area contributed by atoms with Crippen molar-refractivity contribution in [2.24, 2.45) is 0 Å². The van der Waals surface area contributed by atoms with E-state index in [0.717, 1.165) is 5.69 Å². The zero-order valence-electron chi connectivity index (χ0n) is 12.0. The second kappa shape index (κ2) is 6.66. The van der Waals surface area contributed by atoms with Gasteiger partial charge in [0.05, 0.1) is 6.61 Å². The van der Waals surface area contributed by atoms with Crippen LogP contribution in [0, 0.1) is 11.3 Å². The second-order valence-electron chi connectivity index (χ2n) is 4.20. The Labute approximate surface area is 123 Å². The molecule has 0 fully saturated rings. The van der Waals surface area contributed by atoms with Crippen LogP contribution in [-0.4, -0.2) is 25.9 Å². The molecule has 0 saturated carbocycles. The van der Waals surface area contributed by atoms with Crippen LogP contribution in [-0.2, 0) is 9.53 Å². The van der Waals surface area contributed by atoms with Crippen LogP contribution < -0.4 is 14.4 Å². The number of fused-ring (bicyclic) bond motifs is 1. The molecule has 0 unspecified atom stereocenters. The number of anilines is 1. The molecule has 0 bridgehead atoms. The Morgan fingerprint density at radius 1 is 1.43 bits per heavy atom. The lowest BCUT2D eigenvalue weighted by atomic mass is 10.2. The molecule has 0 spiro atoms. The summed E-state index contributed by atoms with van der Waals surface area (Å²) in [6.07, 6.45) is 1.48. The van der Waals surface area contributed by atoms with Gasteiger partial charge < -0.3 is 19.1 Å². The topological polar surface area (TPSA) is 71.8 Å². The highest BCUT2D eigenvalue weighted by molar-refractivity contribution is 5.93. The number of rotatable bonds is 5. The van der Waals surface area contributed by atoms with E-state index < -0.39 is 5.97 Å². The molecule has 1 aromatic rings. The van der Waals surface area contributed by atoms with Gasteiger partial charge in [-0.25, -0.2) is 4.79 Å². The number of hydrogen-bond donors (Lipinski definition) is 0. The maximum Gasteiger partial charge on any atom is 0.350 e. The van der Waals surface area contributed by atoms with E-state index in [1.807, 2.05) is 25.1 Å². The van der Waals surface area contributed by atoms with Gasteiger partial charge in [-0.1, -0.05) is 0 Å². The van der Waals surface area contributed by atoms with E-state index in [2.05, 4.69) is 0 Å². The van der Waals surface area contributed by atoms with Gasteiger partial charge in [0, 0.05) is 24.5 Å². The first-order valence-electron chi connectivity index (χ1n) is 6.65. The highest BCUT2D eigenvalue weighted by Gasteiger charge is 2.16. The summed E-state index contributed by atoms with van der Waals surface area (Å²) >= 11 is 0. The number of benzene rings is 1. The van der Waals surface area contributed by atoms with Crippen LogP contribution in [0.3, 0.4) is 0 Å². The van der Waals surface area contributed by atoms with Crippen molar-refractivity contribution in [1.29, 1.82) is 5.26 Å². The Kier molecular flexibility index (Phi) is 4.67. The average molecular weight is 288 g/mol. The van der Waals surface area contributed by atoms with E-state index in [1.54, 1.807) is 17.9 Å². The summed E-state index contributed by atoms with van der Waals surface area (Å²) in [6, 6.07) is 7.31. The number of nitriles is 1. The van der Waals surface area contributed by atoms with E-state index in [1.165, 1.54) is 6.20 Å². The first kappa shape index (κ1) is 14.7. The Hall–Kier alpha value is -2.68. The fourth-order valence-electron chi connectivity index (χ4n) is 1.90. The van der Waals surface area contributed by atoms with Gasteiger partial charge in [-0.3, -0.25) is 0 Å². The van der Waals surface area contributed by atoms with E-state index >= 15 is 0 Å². The van der Waals surface area contributed by atoms with Crippen LogP contribution in [0.25, 0.3) is 0 Å². The van der Waals surface area contributed by atoms with Gasteiger partial charge in [0.15, 0.2) is 17.1 Å². The largest absolute Gasteiger partial charge is 0.462 e. The van der Waals surface area contributed by atoms with E-state index in [-0.39, 0.29) is 19.0 Å². The number of esters is 1. The normalized spacial score (nSPS) is 12.7. The van der Waals surface area contributed by atoms with Crippen molar-refractivity contribution in [3.05, 3.63) is 30.0 Å². The summed E-state index contributed by atoms with van der Waals surface area (Å²) in [7, 11) is 0. The van der Waals surface area contributed by atoms with E-state index in [9.17, 15) is 4.79 Å². The minimum Gasteiger partial charge on any atom is -0.462 e. The SMILES string of the molecule is CCOC(=O)/C(C#N)=C/N(CC)c1ccc2c(c1)OCO2. The highest BCUT2D eigenvalue weighted by atomic mass is 16.7. The van der Waals surface area contributed by atoms with Crippen LogP contribution in [0.15, 0.2) is 30.0 Å². The molecular weight excluding hydrogens is 272 g/mol. The van der Waals surface area contributed by atoms with Gasteiger partial charge in [-0.05, 0) is 26.0 Å². The molecule has 0 saturated heterocycles. The van der Waals surface area contributed by atoms with Crippen LogP contribution in [0.1, 0.15) is 13.8 Å². The van der Waals surface area contributed by atoms with Crippen LogP contribution in [0.4, 0.5) is 5.69 Å². The summed E-state index contributed by atoms with van der Waals surface area (Å²) in [5, 5.41) is 9.08. The summed E-state index contributed by atoms with van der Waals surface area (Å²) < 4.78 is 15.4. The van der Waals surface area contributed by atoms with E-state index in [0.29, 0.717) is 18.0 Å². The first-order chi connectivity index (χ1) is 10.2. The Bertz CT molecular complexity index is 604. The van der Waals surface area contributed by atoms with Crippen molar-refractivity contribution in [3.63, 3.8) is 0 Å². The molecule has 0 aliphatic carbocycles. The predicted molar refractivity (Wildman–Crippen MR) is 75.9 cm³/mol. The maximum atomic E-state index is 11.7. The lowest BCUT2D eigenvalue weighted by Gasteiger charge is -2.19. The van der Waals surface area contributed by atoms with Gasteiger partial charge in [-0.2, -0.15) is 5.26 Å². The number of carbonyl (C=O) groups is 1. The smallest absolute Gasteiger partial charge is 0.350 e. The third-order valence-electron chi connectivity index (χ3n) is 2.93. The minimum atomic E-state index is -0.626. The van der Waals surface area contributed by atoms with Gasteiger partial charge in [0.1, 0.15) is 6.07 Å². The van der Waals surface area contributed by atoms with Crippen LogP contribution in [0.2, 0.25) is 0 Å². The third-order valence-corrected chi connectivity index (χ3v) is 2.93. The molecule has 110 valence electrons. The summed E-state index contributed by atoms with van der Waals surface area (Å²) in [5.74, 6) is 0.706. The summed E-state index contributed by atoms with van der Waals surface area (Å²) in [5.41, 5.74) is 0.759. The first-order valence-corrected chi connectivity index (χ1v) is 6.65. The van der Waals surface area contributed by atoms with Crippen molar-refractivity contribution in [2.45, 2.75) is 13.8 Å². The lowest BCUT2D eigenvalue weighted by Crippen LogP contribution is -2.18. The quantitative estimate of drug-likeness (QED) is 0.470. The predicted octanol–water partition coefficient (Wildman–Crippen LogP) is 2.21. The van der Waals surface area contributed by atoms with Crippen molar-refractivity contribution in [3.8, 4) is 17.6 Å². The van der Waals surface area contributed by atoms with Gasteiger partial charge in [0.25, 0.3) is 0 Å². The van der Waals surface area contributed by atoms with Crippen LogP contribution >= 0.6 is 0 Å². The monoisotopic (exact) mass is 288 g/mol. The molecule has 6 heteroatoms. The molecule has 0 radical (unpaired) electrons. The number of hydrogen-bond acceptors (Lipinski definition) is 6. The van der Waals surface area contributed by atoms with Crippen molar-refractivity contribution < 1.29 is 19.0 Å². The average Bonchev–Trinajstić information content (AvgIpc) is 2.96. The number of nitrogens with zero attached hydrogens (tertiary/aromatic N) is 2. The number of ether oxygens (including phenoxy) is 3. The zero-order chi connectivity index (χ0) is 15.2. The molecule has 0 aromatic heterocycles. The molecule has 1 aliphatic heterocycles. The van der Waals surface area contributed by atoms with Crippen molar-refractivity contribution in [1.82, 2.24) is 0 Å². The maximum absolute atomic E-state index is 11.7. The third kappa shape index (κ3) is 3.26. The van der Waals surface area contributed by atoms with E-state index in [4.69, 9.17) is 19.5 Å². The molecule has 0 atom stereocenters. The molecule has 0 N–H and O–H groups in total. The fourth-order valence-corrected chi connectivity index (χ4v) is 1.90. The Balaban J connectivity index is 2.27. The highest BCUT2D eigenvalue weighted by Crippen LogP contribution is 2.35. The molecule has 6 nitrogen and oxygen atoms in total. The summed E-state index contributed by atoms with van der Waals surface area (Å²) in [4.78, 5) is 13.4. The lowest BCUT2D eigenvalue weighted by molar-refractivity contribution is -0.138. The molecule has 0 amide bonds. The van der Waals surface area contributed by atoms with Gasteiger partial charge in [0.2, 0.25) is 6.79 Å².